The molecule has 0 aliphatic heterocycles. The Hall–Kier alpha value is -1.03. The van der Waals surface area contributed by atoms with Gasteiger partial charge < -0.3 is 5.32 Å². The van der Waals surface area contributed by atoms with Gasteiger partial charge in [-0.25, -0.2) is 4.68 Å². The molecule has 0 radical (unpaired) electrons. The third kappa shape index (κ3) is 3.42. The summed E-state index contributed by atoms with van der Waals surface area (Å²) in [6.45, 7) is 9.11. The maximum absolute atomic E-state index is 6.44. The lowest BCUT2D eigenvalue weighted by Gasteiger charge is -2.16. The van der Waals surface area contributed by atoms with Crippen molar-refractivity contribution in [3.63, 3.8) is 0 Å². The van der Waals surface area contributed by atoms with Gasteiger partial charge in [0.15, 0.2) is 0 Å². The van der Waals surface area contributed by atoms with Gasteiger partial charge in [-0.3, -0.25) is 0 Å². The third-order valence-electron chi connectivity index (χ3n) is 3.60. The van der Waals surface area contributed by atoms with E-state index >= 15 is 0 Å². The zero-order valence-corrected chi connectivity index (χ0v) is 14.4. The molecule has 2 rings (SSSR count). The highest BCUT2D eigenvalue weighted by Gasteiger charge is 2.14. The first kappa shape index (κ1) is 16.3. The van der Waals surface area contributed by atoms with E-state index in [9.17, 15) is 0 Å². The Morgan fingerprint density at radius 3 is 2.52 bits per heavy atom. The lowest BCUT2D eigenvalue weighted by molar-refractivity contribution is 0.570. The fourth-order valence-electron chi connectivity index (χ4n) is 2.34. The van der Waals surface area contributed by atoms with Crippen molar-refractivity contribution in [3.8, 4) is 5.69 Å². The van der Waals surface area contributed by atoms with Crippen molar-refractivity contribution >= 4 is 23.2 Å². The van der Waals surface area contributed by atoms with Crippen molar-refractivity contribution in [2.75, 3.05) is 6.54 Å². The van der Waals surface area contributed by atoms with Crippen LogP contribution in [0.25, 0.3) is 5.69 Å². The van der Waals surface area contributed by atoms with Crippen LogP contribution in [0.4, 0.5) is 0 Å². The Bertz CT molecular complexity index is 635. The molecule has 1 atom stereocenters. The normalized spacial score (nSPS) is 12.7. The molecule has 1 aromatic heterocycles. The summed E-state index contributed by atoms with van der Waals surface area (Å²) in [6, 6.07) is 6.25. The maximum atomic E-state index is 6.44. The molecule has 114 valence electrons. The minimum Gasteiger partial charge on any atom is -0.310 e. The predicted octanol–water partition coefficient (Wildman–Crippen LogP) is 4.86. The number of aromatic nitrogens is 2. The lowest BCUT2D eigenvalue weighted by atomic mass is 10.1. The highest BCUT2D eigenvalue weighted by molar-refractivity contribution is 6.32. The molecule has 1 aromatic carbocycles. The predicted molar refractivity (Wildman–Crippen MR) is 89.8 cm³/mol. The van der Waals surface area contributed by atoms with Crippen molar-refractivity contribution in [3.05, 3.63) is 45.2 Å². The smallest absolute Gasteiger partial charge is 0.0848 e. The number of hydrogen-bond donors (Lipinski definition) is 1. The first-order chi connectivity index (χ1) is 9.95. The molecule has 0 aliphatic carbocycles. The van der Waals surface area contributed by atoms with Gasteiger partial charge in [-0.2, -0.15) is 5.10 Å². The monoisotopic (exact) mass is 325 g/mol. The van der Waals surface area contributed by atoms with Crippen molar-refractivity contribution < 1.29 is 0 Å². The summed E-state index contributed by atoms with van der Waals surface area (Å²) in [4.78, 5) is 0. The second kappa shape index (κ2) is 6.82. The number of rotatable bonds is 5. The molecule has 0 saturated heterocycles. The van der Waals surface area contributed by atoms with E-state index in [0.29, 0.717) is 5.02 Å². The molecule has 0 spiro atoms. The van der Waals surface area contributed by atoms with Crippen molar-refractivity contribution in [2.24, 2.45) is 0 Å². The second-order valence-electron chi connectivity index (χ2n) is 5.28. The van der Waals surface area contributed by atoms with Crippen LogP contribution < -0.4 is 5.32 Å². The highest BCUT2D eigenvalue weighted by atomic mass is 35.5. The Kier molecular flexibility index (Phi) is 5.31. The van der Waals surface area contributed by atoms with Crippen LogP contribution in [-0.2, 0) is 0 Å². The zero-order chi connectivity index (χ0) is 15.6. The minimum atomic E-state index is 0.232. The van der Waals surface area contributed by atoms with E-state index in [1.165, 1.54) is 0 Å². The Morgan fingerprint density at radius 1 is 1.29 bits per heavy atom. The average molecular weight is 326 g/mol. The molecule has 21 heavy (non-hydrogen) atoms. The SMILES string of the molecule is CCCNC(C)c1ccc(-n2nc(C)c(Cl)c2C)cc1Cl. The van der Waals surface area contributed by atoms with Crippen LogP contribution >= 0.6 is 23.2 Å². The van der Waals surface area contributed by atoms with E-state index in [0.717, 1.165) is 40.6 Å². The molecule has 0 saturated carbocycles. The largest absolute Gasteiger partial charge is 0.310 e. The molecule has 0 bridgehead atoms. The van der Waals surface area contributed by atoms with Crippen molar-refractivity contribution in [1.82, 2.24) is 15.1 Å². The van der Waals surface area contributed by atoms with E-state index in [1.54, 1.807) is 0 Å². The van der Waals surface area contributed by atoms with Crippen LogP contribution in [0.2, 0.25) is 10.0 Å². The molecule has 1 unspecified atom stereocenters. The standard InChI is InChI=1S/C16H21Cl2N3/c1-5-8-19-10(2)14-7-6-13(9-15(14)17)21-12(4)16(18)11(3)20-21/h6-7,9-10,19H,5,8H2,1-4H3. The van der Waals surface area contributed by atoms with Crippen molar-refractivity contribution in [2.45, 2.75) is 40.2 Å². The van der Waals surface area contributed by atoms with Crippen molar-refractivity contribution in [1.29, 1.82) is 0 Å². The number of hydrogen-bond acceptors (Lipinski definition) is 2. The highest BCUT2D eigenvalue weighted by Crippen LogP contribution is 2.28. The summed E-state index contributed by atoms with van der Waals surface area (Å²) < 4.78 is 1.83. The summed E-state index contributed by atoms with van der Waals surface area (Å²) >= 11 is 12.6. The van der Waals surface area contributed by atoms with E-state index in [1.807, 2.05) is 30.7 Å². The topological polar surface area (TPSA) is 29.9 Å². The number of nitrogens with one attached hydrogen (secondary N) is 1. The molecule has 1 N–H and O–H groups in total. The quantitative estimate of drug-likeness (QED) is 0.850. The number of aryl methyl sites for hydroxylation is 1. The molecular formula is C16H21Cl2N3. The Labute approximate surface area is 136 Å². The van der Waals surface area contributed by atoms with Gasteiger partial charge in [-0.15, -0.1) is 0 Å². The number of halogens is 2. The van der Waals surface area contributed by atoms with Crippen LogP contribution in [0.3, 0.4) is 0 Å². The molecule has 0 amide bonds. The second-order valence-corrected chi connectivity index (χ2v) is 6.06. The summed E-state index contributed by atoms with van der Waals surface area (Å²) in [7, 11) is 0. The summed E-state index contributed by atoms with van der Waals surface area (Å²) in [5.74, 6) is 0. The lowest BCUT2D eigenvalue weighted by Crippen LogP contribution is -2.19. The maximum Gasteiger partial charge on any atom is 0.0848 e. The number of benzene rings is 1. The van der Waals surface area contributed by atoms with Gasteiger partial charge in [0.25, 0.3) is 0 Å². The van der Waals surface area contributed by atoms with Gasteiger partial charge in [0.2, 0.25) is 0 Å². The molecule has 2 aromatic rings. The summed E-state index contributed by atoms with van der Waals surface area (Å²) in [5, 5.41) is 9.35. The number of nitrogens with zero attached hydrogens (tertiary/aromatic N) is 2. The molecule has 5 heteroatoms. The van der Waals surface area contributed by atoms with Gasteiger partial charge in [-0.1, -0.05) is 36.2 Å². The van der Waals surface area contributed by atoms with Gasteiger partial charge >= 0.3 is 0 Å². The molecule has 0 fully saturated rings. The van der Waals surface area contributed by atoms with Gasteiger partial charge in [0, 0.05) is 11.1 Å². The van der Waals surface area contributed by atoms with E-state index in [4.69, 9.17) is 23.2 Å². The fourth-order valence-corrected chi connectivity index (χ4v) is 2.80. The molecular weight excluding hydrogens is 305 g/mol. The van der Waals surface area contributed by atoms with Crippen LogP contribution in [0, 0.1) is 13.8 Å². The first-order valence-corrected chi connectivity index (χ1v) is 7.96. The average Bonchev–Trinajstić information content (AvgIpc) is 2.72. The third-order valence-corrected chi connectivity index (χ3v) is 4.47. The van der Waals surface area contributed by atoms with Crippen LogP contribution in [0.1, 0.15) is 43.3 Å². The molecule has 3 nitrogen and oxygen atoms in total. The van der Waals surface area contributed by atoms with E-state index in [-0.39, 0.29) is 6.04 Å². The minimum absolute atomic E-state index is 0.232. The Morgan fingerprint density at radius 2 is 2.00 bits per heavy atom. The van der Waals surface area contributed by atoms with Crippen LogP contribution in [-0.4, -0.2) is 16.3 Å². The van der Waals surface area contributed by atoms with Gasteiger partial charge in [-0.05, 0) is 51.4 Å². The zero-order valence-electron chi connectivity index (χ0n) is 12.9. The molecule has 0 aliphatic rings. The molecule has 1 heterocycles. The van der Waals surface area contributed by atoms with Crippen LogP contribution in [0.5, 0.6) is 0 Å². The van der Waals surface area contributed by atoms with E-state index < -0.39 is 0 Å². The summed E-state index contributed by atoms with van der Waals surface area (Å²) in [6.07, 6.45) is 1.10. The van der Waals surface area contributed by atoms with Gasteiger partial charge in [0.1, 0.15) is 0 Å². The van der Waals surface area contributed by atoms with Gasteiger partial charge in [0.05, 0.1) is 22.1 Å². The van der Waals surface area contributed by atoms with Crippen LogP contribution in [0.15, 0.2) is 18.2 Å². The first-order valence-electron chi connectivity index (χ1n) is 7.20. The van der Waals surface area contributed by atoms with E-state index in [2.05, 4.69) is 30.3 Å². The Balaban J connectivity index is 2.32. The fraction of sp³-hybridized carbons (Fsp3) is 0.438. The summed E-state index contributed by atoms with van der Waals surface area (Å²) in [5.41, 5.74) is 3.78.